The van der Waals surface area contributed by atoms with Crippen molar-refractivity contribution in [2.75, 3.05) is 6.54 Å². The lowest BCUT2D eigenvalue weighted by Crippen LogP contribution is -2.55. The summed E-state index contributed by atoms with van der Waals surface area (Å²) in [4.78, 5) is 13.3. The van der Waals surface area contributed by atoms with Crippen molar-refractivity contribution >= 4 is 27.3 Å². The average molecular weight is 405 g/mol. The summed E-state index contributed by atoms with van der Waals surface area (Å²) < 4.78 is 37.0. The normalized spacial score (nSPS) is 17.4. The number of sulfonamides is 1. The molecule has 0 N–H and O–H groups in total. The van der Waals surface area contributed by atoms with Gasteiger partial charge in [-0.25, -0.2) is 8.42 Å². The Kier molecular flexibility index (Phi) is 4.77. The lowest BCUT2D eigenvalue weighted by atomic mass is 10.1. The molecule has 0 spiro atoms. The van der Waals surface area contributed by atoms with Crippen LogP contribution in [-0.2, 0) is 26.2 Å². The highest BCUT2D eigenvalue weighted by molar-refractivity contribution is 7.89. The topological polar surface area (TPSA) is 103 Å². The molecule has 2 aromatic heterocycles. The van der Waals surface area contributed by atoms with Gasteiger partial charge in [0.05, 0.1) is 9.77 Å². The lowest BCUT2D eigenvalue weighted by molar-refractivity contribution is -0.153. The van der Waals surface area contributed by atoms with Crippen LogP contribution < -0.4 is 0 Å². The molecule has 8 nitrogen and oxygen atoms in total. The number of hydrogen-bond acceptors (Lipinski definition) is 8. The number of rotatable bonds is 6. The zero-order valence-electron chi connectivity index (χ0n) is 14.0. The Labute approximate surface area is 159 Å². The first-order valence-corrected chi connectivity index (χ1v) is 10.5. The molecule has 1 aliphatic rings. The number of thiophene rings is 1. The third kappa shape index (κ3) is 3.51. The fraction of sp³-hybridized carbons (Fsp3) is 0.235. The van der Waals surface area contributed by atoms with Gasteiger partial charge in [0.2, 0.25) is 10.0 Å². The number of benzene rings is 1. The molecule has 0 aliphatic carbocycles. The highest BCUT2D eigenvalue weighted by Crippen LogP contribution is 2.28. The summed E-state index contributed by atoms with van der Waals surface area (Å²) in [6.07, 6.45) is 0.412. The summed E-state index contributed by atoms with van der Waals surface area (Å²) in [6, 6.07) is 10.9. The zero-order chi connectivity index (χ0) is 18.9. The molecule has 1 unspecified atom stereocenters. The van der Waals surface area contributed by atoms with Crippen molar-refractivity contribution in [3.8, 4) is 10.8 Å². The van der Waals surface area contributed by atoms with Crippen molar-refractivity contribution in [1.29, 1.82) is 0 Å². The maximum atomic E-state index is 12.6. The second-order valence-electron chi connectivity index (χ2n) is 5.82. The van der Waals surface area contributed by atoms with Crippen LogP contribution in [0.15, 0.2) is 57.2 Å². The molecule has 1 atom stereocenters. The summed E-state index contributed by atoms with van der Waals surface area (Å²) in [5, 5.41) is 9.64. The number of carbonyl (C=O) groups is 1. The van der Waals surface area contributed by atoms with E-state index in [1.807, 2.05) is 17.5 Å². The third-order valence-electron chi connectivity index (χ3n) is 4.13. The molecule has 1 aromatic carbocycles. The van der Waals surface area contributed by atoms with Crippen LogP contribution in [0.1, 0.15) is 12.3 Å². The first kappa shape index (κ1) is 17.8. The van der Waals surface area contributed by atoms with Crippen LogP contribution in [0.5, 0.6) is 0 Å². The van der Waals surface area contributed by atoms with E-state index in [4.69, 9.17) is 9.15 Å². The molecule has 0 radical (unpaired) electrons. The quantitative estimate of drug-likeness (QED) is 0.580. The highest BCUT2D eigenvalue weighted by Gasteiger charge is 2.43. The lowest BCUT2D eigenvalue weighted by Gasteiger charge is -2.37. The first-order valence-electron chi connectivity index (χ1n) is 8.15. The Bertz CT molecular complexity index is 1030. The number of ether oxygens (including phenoxy) is 1. The number of nitrogens with zero attached hydrogens (tertiary/aromatic N) is 3. The maximum Gasteiger partial charge on any atom is 0.325 e. The molecule has 3 aromatic rings. The van der Waals surface area contributed by atoms with E-state index in [0.29, 0.717) is 12.3 Å². The van der Waals surface area contributed by atoms with E-state index in [2.05, 4.69) is 10.2 Å². The van der Waals surface area contributed by atoms with Gasteiger partial charge < -0.3 is 9.15 Å². The van der Waals surface area contributed by atoms with E-state index in [0.717, 1.165) is 9.18 Å². The molecular weight excluding hydrogens is 390 g/mol. The van der Waals surface area contributed by atoms with Gasteiger partial charge in [-0.3, -0.25) is 4.79 Å². The molecule has 0 bridgehead atoms. The van der Waals surface area contributed by atoms with Gasteiger partial charge in [-0.15, -0.1) is 21.5 Å². The van der Waals surface area contributed by atoms with E-state index in [1.54, 1.807) is 18.2 Å². The van der Waals surface area contributed by atoms with Crippen LogP contribution in [0.3, 0.4) is 0 Å². The summed E-state index contributed by atoms with van der Waals surface area (Å²) in [6.45, 7) is 0.0764. The van der Waals surface area contributed by atoms with Crippen molar-refractivity contribution in [2.45, 2.75) is 24.0 Å². The van der Waals surface area contributed by atoms with Gasteiger partial charge in [0.25, 0.3) is 11.8 Å². The van der Waals surface area contributed by atoms with Crippen molar-refractivity contribution in [1.82, 2.24) is 14.5 Å². The van der Waals surface area contributed by atoms with Crippen LogP contribution in [0.2, 0.25) is 0 Å². The summed E-state index contributed by atoms with van der Waals surface area (Å²) >= 11 is 1.45. The summed E-state index contributed by atoms with van der Waals surface area (Å²) in [5.41, 5.74) is 0. The first-order chi connectivity index (χ1) is 13.1. The molecule has 0 saturated carbocycles. The number of aromatic nitrogens is 2. The standard InChI is InChI=1S/C17H15N3O5S2/c21-17(24-11-15-18-19-16(25-15)14-7-4-10-26-14)13-8-9-20(13)27(22,23)12-5-2-1-3-6-12/h1-7,10,13H,8-9,11H2. The second-order valence-corrected chi connectivity index (χ2v) is 8.66. The van der Waals surface area contributed by atoms with Crippen LogP contribution >= 0.6 is 11.3 Å². The largest absolute Gasteiger partial charge is 0.454 e. The van der Waals surface area contributed by atoms with E-state index >= 15 is 0 Å². The summed E-state index contributed by atoms with van der Waals surface area (Å²) in [7, 11) is -3.72. The predicted molar refractivity (Wildman–Crippen MR) is 96.1 cm³/mol. The van der Waals surface area contributed by atoms with E-state index in [9.17, 15) is 13.2 Å². The predicted octanol–water partition coefficient (Wildman–Crippen LogP) is 2.30. The van der Waals surface area contributed by atoms with Gasteiger partial charge >= 0.3 is 5.97 Å². The minimum absolute atomic E-state index is 0.153. The van der Waals surface area contributed by atoms with Crippen LogP contribution in [-0.4, -0.2) is 41.5 Å². The maximum absolute atomic E-state index is 12.6. The Morgan fingerprint density at radius 1 is 1.22 bits per heavy atom. The molecule has 3 heterocycles. The van der Waals surface area contributed by atoms with Crippen molar-refractivity contribution in [2.24, 2.45) is 0 Å². The fourth-order valence-electron chi connectivity index (χ4n) is 2.66. The minimum Gasteiger partial charge on any atom is -0.454 e. The van der Waals surface area contributed by atoms with E-state index < -0.39 is 22.0 Å². The minimum atomic E-state index is -3.72. The molecule has 1 saturated heterocycles. The van der Waals surface area contributed by atoms with E-state index in [1.165, 1.54) is 23.5 Å². The molecule has 4 rings (SSSR count). The van der Waals surface area contributed by atoms with Gasteiger partial charge in [0.15, 0.2) is 6.61 Å². The SMILES string of the molecule is O=C(OCc1nnc(-c2cccs2)o1)C1CCN1S(=O)(=O)c1ccccc1. The summed E-state index contributed by atoms with van der Waals surface area (Å²) in [5.74, 6) is -0.117. The number of carbonyl (C=O) groups excluding carboxylic acids is 1. The van der Waals surface area contributed by atoms with Crippen LogP contribution in [0.4, 0.5) is 0 Å². The van der Waals surface area contributed by atoms with Crippen LogP contribution in [0.25, 0.3) is 10.8 Å². The molecular formula is C17H15N3O5S2. The Morgan fingerprint density at radius 2 is 2.04 bits per heavy atom. The van der Waals surface area contributed by atoms with Crippen molar-refractivity contribution < 1.29 is 22.4 Å². The Balaban J connectivity index is 1.39. The highest BCUT2D eigenvalue weighted by atomic mass is 32.2. The van der Waals surface area contributed by atoms with Gasteiger partial charge in [0, 0.05) is 6.54 Å². The molecule has 10 heteroatoms. The Morgan fingerprint density at radius 3 is 2.70 bits per heavy atom. The molecule has 0 amide bonds. The van der Waals surface area contributed by atoms with Crippen molar-refractivity contribution in [3.63, 3.8) is 0 Å². The fourth-order valence-corrected chi connectivity index (χ4v) is 4.94. The van der Waals surface area contributed by atoms with Gasteiger partial charge in [-0.05, 0) is 30.0 Å². The third-order valence-corrected chi connectivity index (χ3v) is 6.91. The van der Waals surface area contributed by atoms with Gasteiger partial charge in [-0.1, -0.05) is 24.3 Å². The monoisotopic (exact) mass is 405 g/mol. The van der Waals surface area contributed by atoms with Gasteiger partial charge in [-0.2, -0.15) is 4.31 Å². The second kappa shape index (κ2) is 7.22. The van der Waals surface area contributed by atoms with Gasteiger partial charge in [0.1, 0.15) is 6.04 Å². The van der Waals surface area contributed by atoms with Crippen molar-refractivity contribution in [3.05, 3.63) is 53.7 Å². The number of hydrogen-bond donors (Lipinski definition) is 0. The average Bonchev–Trinajstić information content (AvgIpc) is 3.31. The molecule has 1 fully saturated rings. The zero-order valence-corrected chi connectivity index (χ0v) is 15.6. The molecule has 27 heavy (non-hydrogen) atoms. The molecule has 140 valence electrons. The molecule has 1 aliphatic heterocycles. The smallest absolute Gasteiger partial charge is 0.325 e. The van der Waals surface area contributed by atoms with E-state index in [-0.39, 0.29) is 23.9 Å². The number of esters is 1. The Hall–Kier alpha value is -2.56. The van der Waals surface area contributed by atoms with Crippen LogP contribution in [0, 0.1) is 0 Å².